The molecule has 0 fully saturated rings. The maximum atomic E-state index is 11.8. The molecule has 1 aromatic carbocycles. The summed E-state index contributed by atoms with van der Waals surface area (Å²) in [6.45, 7) is 7.77. The Balaban J connectivity index is 2.67. The van der Waals surface area contributed by atoms with Crippen molar-refractivity contribution in [3.05, 3.63) is 40.9 Å². The molecule has 3 N–H and O–H groups in total. The van der Waals surface area contributed by atoms with E-state index in [4.69, 9.17) is 10.5 Å². The number of benzene rings is 1. The van der Waals surface area contributed by atoms with Crippen LogP contribution in [0.25, 0.3) is 0 Å². The van der Waals surface area contributed by atoms with E-state index in [2.05, 4.69) is 34.7 Å². The van der Waals surface area contributed by atoms with Crippen LogP contribution in [-0.2, 0) is 11.2 Å². The Morgan fingerprint density at radius 2 is 2.29 bits per heavy atom. The quantitative estimate of drug-likeness (QED) is 0.705. The van der Waals surface area contributed by atoms with E-state index in [9.17, 15) is 4.79 Å². The van der Waals surface area contributed by atoms with E-state index in [0.29, 0.717) is 12.3 Å². The van der Waals surface area contributed by atoms with Crippen LogP contribution in [0.2, 0.25) is 0 Å². The van der Waals surface area contributed by atoms with Crippen molar-refractivity contribution in [1.29, 1.82) is 0 Å². The summed E-state index contributed by atoms with van der Waals surface area (Å²) < 4.78 is 6.49. The van der Waals surface area contributed by atoms with Crippen molar-refractivity contribution in [2.24, 2.45) is 5.73 Å². The van der Waals surface area contributed by atoms with Crippen molar-refractivity contribution in [1.82, 2.24) is 5.32 Å². The van der Waals surface area contributed by atoms with Crippen molar-refractivity contribution in [3.63, 3.8) is 0 Å². The van der Waals surface area contributed by atoms with Gasteiger partial charge in [-0.15, -0.1) is 6.58 Å². The fourth-order valence-electron chi connectivity index (χ4n) is 1.77. The highest BCUT2D eigenvalue weighted by Crippen LogP contribution is 2.27. The second-order valence-corrected chi connectivity index (χ2v) is 5.79. The Bertz CT molecular complexity index is 491. The molecule has 116 valence electrons. The van der Waals surface area contributed by atoms with Gasteiger partial charge < -0.3 is 15.8 Å². The number of nitrogens with one attached hydrogen (secondary N) is 1. The largest absolute Gasteiger partial charge is 0.480 e. The number of carbonyl (C=O) groups excluding carboxylic acids is 1. The van der Waals surface area contributed by atoms with E-state index in [0.717, 1.165) is 22.9 Å². The molecular formula is C16H23BrN2O2. The van der Waals surface area contributed by atoms with Crippen LogP contribution in [0.5, 0.6) is 5.75 Å². The van der Waals surface area contributed by atoms with Gasteiger partial charge in [0.25, 0.3) is 5.91 Å². The molecule has 0 aromatic heterocycles. The third-order valence-corrected chi connectivity index (χ3v) is 3.73. The lowest BCUT2D eigenvalue weighted by Gasteiger charge is -2.16. The first-order chi connectivity index (χ1) is 9.97. The number of amides is 1. The van der Waals surface area contributed by atoms with Crippen molar-refractivity contribution in [2.45, 2.75) is 38.8 Å². The average molecular weight is 355 g/mol. The molecule has 21 heavy (non-hydrogen) atoms. The summed E-state index contributed by atoms with van der Waals surface area (Å²) in [5.74, 6) is 0.476. The van der Waals surface area contributed by atoms with E-state index < -0.39 is 6.10 Å². The lowest BCUT2D eigenvalue weighted by atomic mass is 10.0. The summed E-state index contributed by atoms with van der Waals surface area (Å²) in [6.07, 6.45) is 2.83. The summed E-state index contributed by atoms with van der Waals surface area (Å²) in [5.41, 5.74) is 7.10. The number of halogens is 1. The molecule has 0 aliphatic carbocycles. The molecule has 0 spiro atoms. The topological polar surface area (TPSA) is 64.3 Å². The zero-order chi connectivity index (χ0) is 15.8. The SMILES string of the molecule is C=CCNC(=O)C(C)Oc1ccc(CC(N)CC)cc1Br. The number of hydrogen-bond acceptors (Lipinski definition) is 3. The van der Waals surface area contributed by atoms with Gasteiger partial charge >= 0.3 is 0 Å². The average Bonchev–Trinajstić information content (AvgIpc) is 2.47. The van der Waals surface area contributed by atoms with Crippen LogP contribution in [0.15, 0.2) is 35.3 Å². The maximum absolute atomic E-state index is 11.8. The summed E-state index contributed by atoms with van der Waals surface area (Å²) in [6, 6.07) is 5.98. The summed E-state index contributed by atoms with van der Waals surface area (Å²) in [4.78, 5) is 11.8. The van der Waals surface area contributed by atoms with Gasteiger partial charge in [-0.05, 0) is 53.4 Å². The molecule has 1 aromatic rings. The van der Waals surface area contributed by atoms with Crippen LogP contribution in [0.3, 0.4) is 0 Å². The van der Waals surface area contributed by atoms with E-state index in [1.807, 2.05) is 18.2 Å². The van der Waals surface area contributed by atoms with Crippen molar-refractivity contribution in [3.8, 4) is 5.75 Å². The highest BCUT2D eigenvalue weighted by atomic mass is 79.9. The smallest absolute Gasteiger partial charge is 0.261 e. The van der Waals surface area contributed by atoms with Crippen LogP contribution >= 0.6 is 15.9 Å². The molecule has 0 bridgehead atoms. The first kappa shape index (κ1) is 17.7. The zero-order valence-corrected chi connectivity index (χ0v) is 14.2. The number of rotatable bonds is 8. The monoisotopic (exact) mass is 354 g/mol. The minimum atomic E-state index is -0.565. The fraction of sp³-hybridized carbons (Fsp3) is 0.438. The minimum Gasteiger partial charge on any atom is -0.480 e. The third-order valence-electron chi connectivity index (χ3n) is 3.11. The second kappa shape index (κ2) is 8.85. The highest BCUT2D eigenvalue weighted by molar-refractivity contribution is 9.10. The number of nitrogens with two attached hydrogens (primary N) is 1. The molecule has 0 saturated carbocycles. The number of hydrogen-bond donors (Lipinski definition) is 2. The third kappa shape index (κ3) is 5.89. The number of carbonyl (C=O) groups is 1. The van der Waals surface area contributed by atoms with Crippen LogP contribution in [-0.4, -0.2) is 24.6 Å². The standard InChI is InChI=1S/C16H23BrN2O2/c1-4-8-19-16(20)11(3)21-15-7-6-12(10-14(15)17)9-13(18)5-2/h4,6-7,10-11,13H,1,5,8-9,18H2,2-3H3,(H,19,20). The molecule has 2 atom stereocenters. The molecule has 0 heterocycles. The van der Waals surface area contributed by atoms with Gasteiger partial charge in [-0.2, -0.15) is 0 Å². The lowest BCUT2D eigenvalue weighted by molar-refractivity contribution is -0.127. The summed E-state index contributed by atoms with van der Waals surface area (Å²) in [5, 5.41) is 2.70. The first-order valence-corrected chi connectivity index (χ1v) is 7.86. The molecule has 1 amide bonds. The molecule has 1 rings (SSSR count). The maximum Gasteiger partial charge on any atom is 0.261 e. The Morgan fingerprint density at radius 1 is 1.57 bits per heavy atom. The van der Waals surface area contributed by atoms with E-state index in [1.54, 1.807) is 13.0 Å². The molecule has 2 unspecified atom stereocenters. The van der Waals surface area contributed by atoms with Gasteiger partial charge in [-0.1, -0.05) is 19.1 Å². The van der Waals surface area contributed by atoms with E-state index in [-0.39, 0.29) is 11.9 Å². The Hall–Kier alpha value is -1.33. The van der Waals surface area contributed by atoms with Gasteiger partial charge in [0.05, 0.1) is 4.47 Å². The molecular weight excluding hydrogens is 332 g/mol. The van der Waals surface area contributed by atoms with Gasteiger partial charge in [0.2, 0.25) is 0 Å². The van der Waals surface area contributed by atoms with Crippen LogP contribution in [0.4, 0.5) is 0 Å². The highest BCUT2D eigenvalue weighted by Gasteiger charge is 2.15. The molecule has 0 saturated heterocycles. The zero-order valence-electron chi connectivity index (χ0n) is 12.6. The van der Waals surface area contributed by atoms with Crippen LogP contribution in [0, 0.1) is 0 Å². The summed E-state index contributed by atoms with van der Waals surface area (Å²) in [7, 11) is 0. The first-order valence-electron chi connectivity index (χ1n) is 7.07. The van der Waals surface area contributed by atoms with Gasteiger partial charge in [0.1, 0.15) is 5.75 Å². The summed E-state index contributed by atoms with van der Waals surface area (Å²) >= 11 is 3.48. The van der Waals surface area contributed by atoms with Crippen LogP contribution < -0.4 is 15.8 Å². The van der Waals surface area contributed by atoms with Gasteiger partial charge in [-0.25, -0.2) is 0 Å². The predicted molar refractivity (Wildman–Crippen MR) is 89.4 cm³/mol. The van der Waals surface area contributed by atoms with Crippen molar-refractivity contribution in [2.75, 3.05) is 6.54 Å². The van der Waals surface area contributed by atoms with E-state index >= 15 is 0 Å². The molecule has 0 radical (unpaired) electrons. The van der Waals surface area contributed by atoms with Gasteiger partial charge in [0, 0.05) is 12.6 Å². The molecule has 4 nitrogen and oxygen atoms in total. The van der Waals surface area contributed by atoms with Gasteiger partial charge in [-0.3, -0.25) is 4.79 Å². The van der Waals surface area contributed by atoms with Crippen LogP contribution in [0.1, 0.15) is 25.8 Å². The lowest BCUT2D eigenvalue weighted by Crippen LogP contribution is -2.36. The Labute approximate surface area is 134 Å². The predicted octanol–water partition coefficient (Wildman–Crippen LogP) is 2.80. The minimum absolute atomic E-state index is 0.160. The molecule has 0 aliphatic heterocycles. The molecule has 0 aliphatic rings. The van der Waals surface area contributed by atoms with E-state index in [1.165, 1.54) is 0 Å². The number of ether oxygens (including phenoxy) is 1. The fourth-order valence-corrected chi connectivity index (χ4v) is 2.29. The van der Waals surface area contributed by atoms with Crippen molar-refractivity contribution >= 4 is 21.8 Å². The van der Waals surface area contributed by atoms with Gasteiger partial charge in [0.15, 0.2) is 6.10 Å². The second-order valence-electron chi connectivity index (χ2n) is 4.93. The molecule has 5 heteroatoms. The Kier molecular flexibility index (Phi) is 7.47. The Morgan fingerprint density at radius 3 is 2.86 bits per heavy atom. The normalized spacial score (nSPS) is 13.3. The van der Waals surface area contributed by atoms with Crippen molar-refractivity contribution < 1.29 is 9.53 Å².